The van der Waals surface area contributed by atoms with Crippen LogP contribution >= 0.6 is 11.8 Å². The maximum Gasteiger partial charge on any atom is 0.304 e. The van der Waals surface area contributed by atoms with Crippen molar-refractivity contribution in [2.24, 2.45) is 11.3 Å². The van der Waals surface area contributed by atoms with E-state index in [2.05, 4.69) is 24.3 Å². The Bertz CT molecular complexity index is 799. The number of benzene rings is 1. The fourth-order valence-electron chi connectivity index (χ4n) is 6.03. The molecule has 1 aromatic carbocycles. The molecule has 1 aromatic rings. The number of hydrogen-bond acceptors (Lipinski definition) is 7. The molecule has 0 aliphatic carbocycles. The van der Waals surface area contributed by atoms with Gasteiger partial charge in [-0.15, -0.1) is 0 Å². The van der Waals surface area contributed by atoms with Gasteiger partial charge in [0.2, 0.25) is 6.29 Å². The molecule has 4 saturated heterocycles. The molecule has 4 fully saturated rings. The highest BCUT2D eigenvalue weighted by Gasteiger charge is 2.81. The summed E-state index contributed by atoms with van der Waals surface area (Å²) in [5.74, 6) is 0.977. The molecule has 1 spiro atoms. The standard InChI is InChI=1S/C21H24O6S/c1-12(22)24-10-20-17-9-28-11-21(20)15(14-6-4-3-5-7-14)8-16(27-21)18(20)19(26-17)25-13(2)23/h3-7,15-19H,8-11H2,1-2H3/t15-,16+,17-,18-,19-,20+,21-/m1/s1. The molecule has 6 nitrogen and oxygen atoms in total. The third-order valence-electron chi connectivity index (χ3n) is 6.93. The predicted molar refractivity (Wildman–Crippen MR) is 102 cm³/mol. The van der Waals surface area contributed by atoms with Crippen LogP contribution in [0.2, 0.25) is 0 Å². The van der Waals surface area contributed by atoms with Crippen LogP contribution in [0.5, 0.6) is 0 Å². The fourth-order valence-corrected chi connectivity index (χ4v) is 7.58. The molecular weight excluding hydrogens is 380 g/mol. The summed E-state index contributed by atoms with van der Waals surface area (Å²) in [6.45, 7) is 3.06. The SMILES string of the molecule is CC(=O)OC[C@@]12[C@H]3[C@H](OC(C)=O)O[C@@H]1CSC[C@]21O[C@H]3C[C@@H]1c1ccccc1. The number of esters is 2. The van der Waals surface area contributed by atoms with E-state index < -0.39 is 17.3 Å². The molecule has 4 aliphatic heterocycles. The monoisotopic (exact) mass is 404 g/mol. The van der Waals surface area contributed by atoms with Crippen LogP contribution in [-0.2, 0) is 28.5 Å². The summed E-state index contributed by atoms with van der Waals surface area (Å²) < 4.78 is 24.2. The number of fused-ring (bicyclic) bond motifs is 2. The summed E-state index contributed by atoms with van der Waals surface area (Å²) in [6, 6.07) is 10.4. The van der Waals surface area contributed by atoms with Gasteiger partial charge in [-0.2, -0.15) is 11.8 Å². The summed E-state index contributed by atoms with van der Waals surface area (Å²) in [6.07, 6.45) is -0.0733. The van der Waals surface area contributed by atoms with E-state index in [1.165, 1.54) is 19.4 Å². The zero-order chi connectivity index (χ0) is 19.5. The minimum absolute atomic E-state index is 0.0891. The van der Waals surface area contributed by atoms with Gasteiger partial charge in [0.15, 0.2) is 0 Å². The number of rotatable bonds is 4. The van der Waals surface area contributed by atoms with Crippen molar-refractivity contribution in [1.29, 1.82) is 0 Å². The first-order valence-electron chi connectivity index (χ1n) is 9.74. The van der Waals surface area contributed by atoms with Gasteiger partial charge in [0.25, 0.3) is 0 Å². The molecule has 0 radical (unpaired) electrons. The Kier molecular flexibility index (Phi) is 4.27. The van der Waals surface area contributed by atoms with E-state index in [0.29, 0.717) is 0 Å². The molecule has 0 amide bonds. The van der Waals surface area contributed by atoms with Crippen LogP contribution in [0.25, 0.3) is 0 Å². The lowest BCUT2D eigenvalue weighted by Gasteiger charge is -2.53. The highest BCUT2D eigenvalue weighted by Crippen LogP contribution is 2.72. The topological polar surface area (TPSA) is 71.1 Å². The van der Waals surface area contributed by atoms with Gasteiger partial charge in [0.1, 0.15) is 6.61 Å². The number of carbonyl (C=O) groups is 2. The van der Waals surface area contributed by atoms with Gasteiger partial charge >= 0.3 is 11.9 Å². The normalized spacial score (nSPS) is 42.9. The minimum Gasteiger partial charge on any atom is -0.465 e. The van der Waals surface area contributed by atoms with Gasteiger partial charge in [-0.3, -0.25) is 9.59 Å². The second-order valence-electron chi connectivity index (χ2n) is 8.21. The summed E-state index contributed by atoms with van der Waals surface area (Å²) >= 11 is 1.80. The average Bonchev–Trinajstić information content (AvgIpc) is 3.28. The van der Waals surface area contributed by atoms with E-state index in [9.17, 15) is 9.59 Å². The van der Waals surface area contributed by atoms with Gasteiger partial charge in [-0.05, 0) is 12.0 Å². The lowest BCUT2D eigenvalue weighted by Crippen LogP contribution is -2.63. The smallest absolute Gasteiger partial charge is 0.304 e. The number of carbonyl (C=O) groups excluding carboxylic acids is 2. The highest BCUT2D eigenvalue weighted by atomic mass is 32.2. The van der Waals surface area contributed by atoms with E-state index in [-0.39, 0.29) is 42.6 Å². The van der Waals surface area contributed by atoms with E-state index in [4.69, 9.17) is 18.9 Å². The van der Waals surface area contributed by atoms with Crippen molar-refractivity contribution in [2.75, 3.05) is 18.1 Å². The molecule has 0 saturated carbocycles. The molecule has 4 aliphatic rings. The van der Waals surface area contributed by atoms with Crippen LogP contribution in [0.3, 0.4) is 0 Å². The van der Waals surface area contributed by atoms with Crippen molar-refractivity contribution in [1.82, 2.24) is 0 Å². The van der Waals surface area contributed by atoms with Crippen molar-refractivity contribution < 1.29 is 28.5 Å². The van der Waals surface area contributed by atoms with Gasteiger partial charge in [-0.25, -0.2) is 0 Å². The molecule has 2 bridgehead atoms. The van der Waals surface area contributed by atoms with Crippen molar-refractivity contribution in [3.8, 4) is 0 Å². The fraction of sp³-hybridized carbons (Fsp3) is 0.619. The van der Waals surface area contributed by atoms with E-state index in [1.54, 1.807) is 11.8 Å². The van der Waals surface area contributed by atoms with E-state index in [1.807, 2.05) is 6.07 Å². The quantitative estimate of drug-likeness (QED) is 0.714. The maximum atomic E-state index is 11.7. The Morgan fingerprint density at radius 1 is 1.21 bits per heavy atom. The lowest BCUT2D eigenvalue weighted by atomic mass is 9.54. The predicted octanol–water partition coefficient (Wildman–Crippen LogP) is 2.51. The highest BCUT2D eigenvalue weighted by molar-refractivity contribution is 7.99. The van der Waals surface area contributed by atoms with E-state index >= 15 is 0 Å². The van der Waals surface area contributed by atoms with Crippen LogP contribution in [0.4, 0.5) is 0 Å². The molecule has 150 valence electrons. The Balaban J connectivity index is 1.61. The first-order valence-corrected chi connectivity index (χ1v) is 10.9. The maximum absolute atomic E-state index is 11.7. The number of hydrogen-bond donors (Lipinski definition) is 0. The third-order valence-corrected chi connectivity index (χ3v) is 8.10. The third kappa shape index (κ3) is 2.36. The molecule has 7 atom stereocenters. The van der Waals surface area contributed by atoms with Crippen molar-refractivity contribution >= 4 is 23.7 Å². The zero-order valence-corrected chi connectivity index (χ0v) is 16.8. The molecule has 7 heteroatoms. The number of ether oxygens (including phenoxy) is 4. The van der Waals surface area contributed by atoms with Crippen LogP contribution in [-0.4, -0.2) is 54.2 Å². The zero-order valence-electron chi connectivity index (χ0n) is 16.0. The second-order valence-corrected chi connectivity index (χ2v) is 9.24. The Morgan fingerprint density at radius 2 is 2.00 bits per heavy atom. The molecular formula is C21H24O6S. The minimum atomic E-state index is -0.652. The van der Waals surface area contributed by atoms with Crippen LogP contribution < -0.4 is 0 Å². The molecule has 0 N–H and O–H groups in total. The van der Waals surface area contributed by atoms with Crippen LogP contribution in [0.15, 0.2) is 30.3 Å². The molecule has 4 heterocycles. The average molecular weight is 404 g/mol. The largest absolute Gasteiger partial charge is 0.465 e. The van der Waals surface area contributed by atoms with Gasteiger partial charge in [-0.1, -0.05) is 30.3 Å². The van der Waals surface area contributed by atoms with Crippen molar-refractivity contribution in [2.45, 2.75) is 50.3 Å². The first kappa shape index (κ1) is 18.5. The van der Waals surface area contributed by atoms with Crippen LogP contribution in [0, 0.1) is 11.3 Å². The number of thioether (sulfide) groups is 1. The van der Waals surface area contributed by atoms with Gasteiger partial charge < -0.3 is 18.9 Å². The summed E-state index contributed by atoms with van der Waals surface area (Å²) in [5.41, 5.74) is 0.234. The Labute approximate surface area is 168 Å². The lowest BCUT2D eigenvalue weighted by molar-refractivity contribution is -0.187. The Morgan fingerprint density at radius 3 is 2.71 bits per heavy atom. The second kappa shape index (κ2) is 6.47. The summed E-state index contributed by atoms with van der Waals surface area (Å²) in [5, 5.41) is 0. The first-order chi connectivity index (χ1) is 13.5. The van der Waals surface area contributed by atoms with Gasteiger partial charge in [0, 0.05) is 31.3 Å². The van der Waals surface area contributed by atoms with Crippen LogP contribution in [0.1, 0.15) is 31.7 Å². The Hall–Kier alpha value is -1.57. The van der Waals surface area contributed by atoms with Crippen molar-refractivity contribution in [3.63, 3.8) is 0 Å². The molecule has 5 rings (SSSR count). The van der Waals surface area contributed by atoms with Crippen molar-refractivity contribution in [3.05, 3.63) is 35.9 Å². The summed E-state index contributed by atoms with van der Waals surface area (Å²) in [4.78, 5) is 23.4. The summed E-state index contributed by atoms with van der Waals surface area (Å²) in [7, 11) is 0. The molecule has 0 aromatic heterocycles. The van der Waals surface area contributed by atoms with Gasteiger partial charge in [0.05, 0.1) is 29.1 Å². The molecule has 28 heavy (non-hydrogen) atoms. The van der Waals surface area contributed by atoms with E-state index in [0.717, 1.165) is 17.9 Å². The molecule has 0 unspecified atom stereocenters.